The van der Waals surface area contributed by atoms with Crippen molar-refractivity contribution in [3.63, 3.8) is 0 Å². The standard InChI is InChI=1S/C15H29N7O.HI/c1-6-16-15(17-10-9-14(23)22(7-2)8-3)18-11-13-20-19-12(4)21(13)5;/h6-11H2,1-5H3,(H2,16,17,18);1H. The zero-order chi connectivity index (χ0) is 17.2. The maximum absolute atomic E-state index is 12.0. The number of carbonyl (C=O) groups excluding carboxylic acids is 1. The molecule has 138 valence electrons. The molecule has 0 atom stereocenters. The summed E-state index contributed by atoms with van der Waals surface area (Å²) in [6, 6.07) is 0. The van der Waals surface area contributed by atoms with E-state index in [4.69, 9.17) is 0 Å². The predicted molar refractivity (Wildman–Crippen MR) is 107 cm³/mol. The molecule has 0 saturated carbocycles. The Labute approximate surface area is 161 Å². The van der Waals surface area contributed by atoms with Crippen molar-refractivity contribution in [2.45, 2.75) is 40.7 Å². The topological polar surface area (TPSA) is 87.4 Å². The van der Waals surface area contributed by atoms with E-state index in [1.807, 2.05) is 44.2 Å². The van der Waals surface area contributed by atoms with Gasteiger partial charge >= 0.3 is 0 Å². The lowest BCUT2D eigenvalue weighted by molar-refractivity contribution is -0.130. The van der Waals surface area contributed by atoms with Gasteiger partial charge in [-0.15, -0.1) is 34.2 Å². The van der Waals surface area contributed by atoms with Gasteiger partial charge in [-0.3, -0.25) is 4.79 Å². The molecule has 8 nitrogen and oxygen atoms in total. The normalized spacial score (nSPS) is 11.0. The van der Waals surface area contributed by atoms with E-state index >= 15 is 0 Å². The Morgan fingerprint density at radius 2 is 1.88 bits per heavy atom. The molecular weight excluding hydrogens is 421 g/mol. The van der Waals surface area contributed by atoms with Crippen LogP contribution in [0.4, 0.5) is 0 Å². The molecule has 1 aromatic rings. The molecule has 0 fully saturated rings. The molecule has 0 aliphatic carbocycles. The van der Waals surface area contributed by atoms with Crippen molar-refractivity contribution in [2.24, 2.45) is 12.0 Å². The van der Waals surface area contributed by atoms with Gasteiger partial charge in [-0.1, -0.05) is 0 Å². The van der Waals surface area contributed by atoms with Crippen LogP contribution < -0.4 is 10.6 Å². The van der Waals surface area contributed by atoms with Crippen LogP contribution in [0.1, 0.15) is 38.8 Å². The Balaban J connectivity index is 0.00000529. The molecule has 1 amide bonds. The Morgan fingerprint density at radius 1 is 1.21 bits per heavy atom. The van der Waals surface area contributed by atoms with Crippen molar-refractivity contribution in [1.82, 2.24) is 30.3 Å². The Kier molecular flexibility index (Phi) is 11.3. The molecule has 24 heavy (non-hydrogen) atoms. The van der Waals surface area contributed by atoms with E-state index in [1.54, 1.807) is 0 Å². The van der Waals surface area contributed by atoms with Crippen LogP contribution in [0, 0.1) is 6.92 Å². The lowest BCUT2D eigenvalue weighted by Crippen LogP contribution is -2.40. The van der Waals surface area contributed by atoms with E-state index in [2.05, 4.69) is 25.8 Å². The van der Waals surface area contributed by atoms with Crippen LogP contribution in [0.5, 0.6) is 0 Å². The number of aliphatic imine (C=N–C) groups is 1. The van der Waals surface area contributed by atoms with Gasteiger partial charge in [-0.05, 0) is 27.7 Å². The molecule has 1 heterocycles. The molecule has 0 unspecified atom stereocenters. The molecule has 2 N–H and O–H groups in total. The number of hydrogen-bond donors (Lipinski definition) is 2. The fraction of sp³-hybridized carbons (Fsp3) is 0.733. The molecule has 0 saturated heterocycles. The molecule has 0 aliphatic rings. The highest BCUT2D eigenvalue weighted by atomic mass is 127. The zero-order valence-corrected chi connectivity index (χ0v) is 17.6. The summed E-state index contributed by atoms with van der Waals surface area (Å²) in [5, 5.41) is 14.5. The van der Waals surface area contributed by atoms with Gasteiger partial charge in [0.1, 0.15) is 12.4 Å². The number of carbonyl (C=O) groups is 1. The lowest BCUT2D eigenvalue weighted by Gasteiger charge is -2.19. The largest absolute Gasteiger partial charge is 0.357 e. The Morgan fingerprint density at radius 3 is 2.38 bits per heavy atom. The summed E-state index contributed by atoms with van der Waals surface area (Å²) >= 11 is 0. The van der Waals surface area contributed by atoms with Crippen LogP contribution >= 0.6 is 24.0 Å². The lowest BCUT2D eigenvalue weighted by atomic mass is 10.3. The number of amides is 1. The second-order valence-electron chi connectivity index (χ2n) is 5.16. The van der Waals surface area contributed by atoms with Crippen molar-refractivity contribution in [1.29, 1.82) is 0 Å². The second kappa shape index (κ2) is 12.0. The van der Waals surface area contributed by atoms with E-state index in [0.717, 1.165) is 31.3 Å². The molecular formula is C15H30IN7O. The van der Waals surface area contributed by atoms with E-state index < -0.39 is 0 Å². The van der Waals surface area contributed by atoms with Crippen molar-refractivity contribution < 1.29 is 4.79 Å². The quantitative estimate of drug-likeness (QED) is 0.351. The van der Waals surface area contributed by atoms with Crippen LogP contribution in [-0.4, -0.2) is 57.7 Å². The number of rotatable bonds is 8. The van der Waals surface area contributed by atoms with Crippen LogP contribution in [0.25, 0.3) is 0 Å². The first-order chi connectivity index (χ1) is 11.0. The first kappa shape index (κ1) is 22.6. The van der Waals surface area contributed by atoms with Crippen LogP contribution in [0.2, 0.25) is 0 Å². The highest BCUT2D eigenvalue weighted by Crippen LogP contribution is 1.99. The summed E-state index contributed by atoms with van der Waals surface area (Å²) < 4.78 is 1.91. The SMILES string of the molecule is CCNC(=NCc1nnc(C)n1C)NCCC(=O)N(CC)CC.I. The predicted octanol–water partition coefficient (Wildman–Crippen LogP) is 1.06. The van der Waals surface area contributed by atoms with Crippen LogP contribution in [0.15, 0.2) is 4.99 Å². The first-order valence-electron chi connectivity index (χ1n) is 8.18. The van der Waals surface area contributed by atoms with Crippen molar-refractivity contribution in [3.8, 4) is 0 Å². The summed E-state index contributed by atoms with van der Waals surface area (Å²) in [5.41, 5.74) is 0. The molecule has 0 radical (unpaired) electrons. The number of aromatic nitrogens is 3. The Bertz CT molecular complexity index is 526. The fourth-order valence-electron chi connectivity index (χ4n) is 2.10. The maximum Gasteiger partial charge on any atom is 0.224 e. The molecule has 1 rings (SSSR count). The average molecular weight is 451 g/mol. The van der Waals surface area contributed by atoms with Gasteiger partial charge in [0.05, 0.1) is 0 Å². The highest BCUT2D eigenvalue weighted by molar-refractivity contribution is 14.0. The van der Waals surface area contributed by atoms with Gasteiger partial charge in [-0.2, -0.15) is 0 Å². The minimum atomic E-state index is 0. The smallest absolute Gasteiger partial charge is 0.224 e. The maximum atomic E-state index is 12.0. The van der Waals surface area contributed by atoms with E-state index in [0.29, 0.717) is 25.5 Å². The van der Waals surface area contributed by atoms with Gasteiger partial charge in [0, 0.05) is 39.6 Å². The number of hydrogen-bond acceptors (Lipinski definition) is 4. The van der Waals surface area contributed by atoms with Gasteiger partial charge in [0.15, 0.2) is 11.8 Å². The number of halogens is 1. The summed E-state index contributed by atoms with van der Waals surface area (Å²) in [5.74, 6) is 2.50. The van der Waals surface area contributed by atoms with Gasteiger partial charge in [0.25, 0.3) is 0 Å². The molecule has 1 aromatic heterocycles. The van der Waals surface area contributed by atoms with E-state index in [-0.39, 0.29) is 29.9 Å². The zero-order valence-electron chi connectivity index (χ0n) is 15.3. The average Bonchev–Trinajstić information content (AvgIpc) is 2.85. The third-order valence-corrected chi connectivity index (χ3v) is 3.65. The van der Waals surface area contributed by atoms with Crippen LogP contribution in [0.3, 0.4) is 0 Å². The first-order valence-corrected chi connectivity index (χ1v) is 8.18. The fourth-order valence-corrected chi connectivity index (χ4v) is 2.10. The molecule has 0 aromatic carbocycles. The number of nitrogens with one attached hydrogen (secondary N) is 2. The number of aryl methyl sites for hydroxylation is 1. The minimum absolute atomic E-state index is 0. The number of nitrogens with zero attached hydrogens (tertiary/aromatic N) is 5. The third kappa shape index (κ3) is 7.02. The van der Waals surface area contributed by atoms with Crippen LogP contribution in [-0.2, 0) is 18.4 Å². The highest BCUT2D eigenvalue weighted by Gasteiger charge is 2.09. The minimum Gasteiger partial charge on any atom is -0.357 e. The third-order valence-electron chi connectivity index (χ3n) is 3.65. The Hall–Kier alpha value is -1.39. The van der Waals surface area contributed by atoms with E-state index in [1.165, 1.54) is 0 Å². The van der Waals surface area contributed by atoms with E-state index in [9.17, 15) is 4.79 Å². The van der Waals surface area contributed by atoms with Gasteiger partial charge < -0.3 is 20.1 Å². The monoisotopic (exact) mass is 451 g/mol. The number of guanidine groups is 1. The molecule has 0 aliphatic heterocycles. The summed E-state index contributed by atoms with van der Waals surface area (Å²) in [6.07, 6.45) is 0.454. The van der Waals surface area contributed by atoms with Crippen molar-refractivity contribution >= 4 is 35.8 Å². The molecule has 9 heteroatoms. The summed E-state index contributed by atoms with van der Waals surface area (Å²) in [4.78, 5) is 18.3. The molecule has 0 spiro atoms. The van der Waals surface area contributed by atoms with Gasteiger partial charge in [-0.25, -0.2) is 4.99 Å². The molecule has 0 bridgehead atoms. The van der Waals surface area contributed by atoms with Crippen molar-refractivity contribution in [2.75, 3.05) is 26.2 Å². The summed E-state index contributed by atoms with van der Waals surface area (Å²) in [6.45, 7) is 11.1. The van der Waals surface area contributed by atoms with Crippen molar-refractivity contribution in [3.05, 3.63) is 11.6 Å². The second-order valence-corrected chi connectivity index (χ2v) is 5.16. The summed E-state index contributed by atoms with van der Waals surface area (Å²) in [7, 11) is 1.92. The van der Waals surface area contributed by atoms with Gasteiger partial charge in [0.2, 0.25) is 5.91 Å².